The van der Waals surface area contributed by atoms with Gasteiger partial charge in [-0.05, 0) is 18.8 Å². The molecule has 19 heavy (non-hydrogen) atoms. The average Bonchev–Trinajstić information content (AvgIpc) is 2.27. The van der Waals surface area contributed by atoms with Crippen LogP contribution in [0.25, 0.3) is 0 Å². The Labute approximate surface area is 112 Å². The fourth-order valence-electron chi connectivity index (χ4n) is 2.16. The minimum atomic E-state index is -3.10. The molecule has 0 saturated heterocycles. The van der Waals surface area contributed by atoms with E-state index in [0.717, 1.165) is 0 Å². The first-order valence-corrected chi connectivity index (χ1v) is 7.19. The van der Waals surface area contributed by atoms with Crippen molar-refractivity contribution < 1.29 is 28.9 Å². The van der Waals surface area contributed by atoms with Crippen LogP contribution in [0.2, 0.25) is 0 Å². The van der Waals surface area contributed by atoms with Crippen molar-refractivity contribution in [3.63, 3.8) is 0 Å². The Balaban J connectivity index is 6.57. The first kappa shape index (κ1) is 17.6. The lowest BCUT2D eigenvalue weighted by molar-refractivity contribution is -0.136. The predicted octanol–water partition coefficient (Wildman–Crippen LogP) is 2.84. The standard InChI is InChI=1S/C12H19O6P/c1-5-12(6-2,19(17)18)9(11(15)16)8(7(3)4)10(13)14/h7H,5-6H2,1-4H3,(H,13,14)(H,15,16). The van der Waals surface area contributed by atoms with E-state index >= 15 is 0 Å². The molecule has 0 amide bonds. The van der Waals surface area contributed by atoms with Gasteiger partial charge in [0, 0.05) is 0 Å². The van der Waals surface area contributed by atoms with E-state index in [0.29, 0.717) is 0 Å². The topological polar surface area (TPSA) is 109 Å². The zero-order chi connectivity index (χ0) is 15.4. The van der Waals surface area contributed by atoms with E-state index in [1.807, 2.05) is 0 Å². The maximum absolute atomic E-state index is 11.5. The molecule has 0 heterocycles. The summed E-state index contributed by atoms with van der Waals surface area (Å²) in [5.74, 6) is -3.47. The maximum atomic E-state index is 11.5. The maximum Gasteiger partial charge on any atom is 0.333 e. The highest BCUT2D eigenvalue weighted by Crippen LogP contribution is 2.44. The van der Waals surface area contributed by atoms with E-state index in [1.54, 1.807) is 0 Å². The van der Waals surface area contributed by atoms with Gasteiger partial charge in [0.2, 0.25) is 0 Å². The summed E-state index contributed by atoms with van der Waals surface area (Å²) in [6.45, 7) is 6.13. The van der Waals surface area contributed by atoms with Crippen LogP contribution < -0.4 is 0 Å². The summed E-state index contributed by atoms with van der Waals surface area (Å²) in [6.07, 6.45) is 0.0423. The molecule has 2 N–H and O–H groups in total. The summed E-state index contributed by atoms with van der Waals surface area (Å²) in [6, 6.07) is 0. The van der Waals surface area contributed by atoms with Crippen LogP contribution in [-0.2, 0) is 18.7 Å². The van der Waals surface area contributed by atoms with Crippen molar-refractivity contribution in [3.05, 3.63) is 11.1 Å². The smallest absolute Gasteiger partial charge is 0.333 e. The van der Waals surface area contributed by atoms with E-state index in [1.165, 1.54) is 27.7 Å². The Morgan fingerprint density at radius 2 is 1.47 bits per heavy atom. The molecule has 0 aliphatic heterocycles. The third kappa shape index (κ3) is 3.32. The molecule has 0 aliphatic carbocycles. The van der Waals surface area contributed by atoms with Crippen molar-refractivity contribution in [3.8, 4) is 0 Å². The van der Waals surface area contributed by atoms with Gasteiger partial charge in [-0.15, -0.1) is 0 Å². The summed E-state index contributed by atoms with van der Waals surface area (Å²) >= 11 is 0. The van der Waals surface area contributed by atoms with E-state index in [4.69, 9.17) is 0 Å². The van der Waals surface area contributed by atoms with Crippen LogP contribution >= 0.6 is 7.68 Å². The molecular weight excluding hydrogens is 271 g/mol. The predicted molar refractivity (Wildman–Crippen MR) is 68.7 cm³/mol. The van der Waals surface area contributed by atoms with Crippen LogP contribution in [0, 0.1) is 5.92 Å². The van der Waals surface area contributed by atoms with Crippen LogP contribution in [0.5, 0.6) is 0 Å². The van der Waals surface area contributed by atoms with Crippen molar-refractivity contribution >= 4 is 19.6 Å². The quantitative estimate of drug-likeness (QED) is 0.551. The molecule has 0 aliphatic rings. The second kappa shape index (κ2) is 6.66. The molecule has 0 atom stereocenters. The Morgan fingerprint density at radius 1 is 1.05 bits per heavy atom. The normalized spacial score (nSPS) is 13.1. The van der Waals surface area contributed by atoms with Gasteiger partial charge in [0.05, 0.1) is 11.1 Å². The molecule has 0 aromatic carbocycles. The number of carboxylic acid groups (broad SMARTS) is 2. The average molecular weight is 290 g/mol. The molecule has 0 unspecified atom stereocenters. The van der Waals surface area contributed by atoms with Gasteiger partial charge in [-0.3, -0.25) is 0 Å². The van der Waals surface area contributed by atoms with Crippen LogP contribution in [0.15, 0.2) is 11.1 Å². The number of rotatable bonds is 7. The highest BCUT2D eigenvalue weighted by atomic mass is 31.1. The lowest BCUT2D eigenvalue weighted by Crippen LogP contribution is -2.33. The number of hydrogen-bond acceptors (Lipinski definition) is 4. The van der Waals surface area contributed by atoms with Gasteiger partial charge in [-0.1, -0.05) is 27.7 Å². The molecule has 0 bridgehead atoms. The highest BCUT2D eigenvalue weighted by Gasteiger charge is 2.44. The number of aliphatic carboxylic acids is 2. The summed E-state index contributed by atoms with van der Waals surface area (Å²) in [5.41, 5.74) is -0.869. The SMILES string of the molecule is CCC(CC)(C(C(=O)O)=C(C(=O)O)C(C)C)P(=O)=O. The number of hydrogen-bond donors (Lipinski definition) is 2. The van der Waals surface area contributed by atoms with E-state index < -0.39 is 36.3 Å². The Bertz CT molecular complexity index is 461. The molecule has 0 aromatic rings. The van der Waals surface area contributed by atoms with Crippen LogP contribution in [0.1, 0.15) is 40.5 Å². The summed E-state index contributed by atoms with van der Waals surface area (Å²) < 4.78 is 23.1. The van der Waals surface area contributed by atoms with Crippen LogP contribution in [0.4, 0.5) is 0 Å². The van der Waals surface area contributed by atoms with Gasteiger partial charge in [0.15, 0.2) is 0 Å². The molecule has 0 fully saturated rings. The molecule has 0 rings (SSSR count). The fraction of sp³-hybridized carbons (Fsp3) is 0.667. The molecule has 6 nitrogen and oxygen atoms in total. The van der Waals surface area contributed by atoms with Gasteiger partial charge < -0.3 is 10.2 Å². The lowest BCUT2D eigenvalue weighted by Gasteiger charge is -2.26. The summed E-state index contributed by atoms with van der Waals surface area (Å²) in [7, 11) is -3.10. The monoisotopic (exact) mass is 290 g/mol. The molecule has 0 saturated carbocycles. The van der Waals surface area contributed by atoms with Gasteiger partial charge in [-0.2, -0.15) is 0 Å². The largest absolute Gasteiger partial charge is 0.478 e. The zero-order valence-corrected chi connectivity index (χ0v) is 12.4. The van der Waals surface area contributed by atoms with Crippen molar-refractivity contribution in [2.75, 3.05) is 0 Å². The summed E-state index contributed by atoms with van der Waals surface area (Å²) in [5, 5.41) is 16.8. The minimum Gasteiger partial charge on any atom is -0.478 e. The second-order valence-corrected chi connectivity index (χ2v) is 5.92. The Kier molecular flexibility index (Phi) is 6.16. The van der Waals surface area contributed by atoms with E-state index in [2.05, 4.69) is 0 Å². The molecule has 0 spiro atoms. The third-order valence-electron chi connectivity index (χ3n) is 3.28. The molecular formula is C12H19O6P. The third-order valence-corrected chi connectivity index (χ3v) is 4.83. The van der Waals surface area contributed by atoms with Crippen LogP contribution in [-0.4, -0.2) is 27.3 Å². The van der Waals surface area contributed by atoms with E-state index in [9.17, 15) is 28.9 Å². The molecule has 108 valence electrons. The van der Waals surface area contributed by atoms with Gasteiger partial charge in [0.25, 0.3) is 0 Å². The number of carbonyl (C=O) groups is 2. The van der Waals surface area contributed by atoms with Crippen LogP contribution in [0.3, 0.4) is 0 Å². The van der Waals surface area contributed by atoms with Crippen molar-refractivity contribution in [1.82, 2.24) is 0 Å². The highest BCUT2D eigenvalue weighted by molar-refractivity contribution is 7.33. The van der Waals surface area contributed by atoms with Crippen molar-refractivity contribution in [2.24, 2.45) is 5.92 Å². The molecule has 0 radical (unpaired) electrons. The molecule has 0 aromatic heterocycles. The Hall–Kier alpha value is -1.42. The first-order chi connectivity index (χ1) is 8.65. The van der Waals surface area contributed by atoms with Gasteiger partial charge in [0.1, 0.15) is 5.16 Å². The minimum absolute atomic E-state index is 0.0212. The first-order valence-electron chi connectivity index (χ1n) is 6.01. The number of carboxylic acids is 2. The summed E-state index contributed by atoms with van der Waals surface area (Å²) in [4.78, 5) is 22.7. The fourth-order valence-corrected chi connectivity index (χ4v) is 3.08. The van der Waals surface area contributed by atoms with Gasteiger partial charge in [-0.25, -0.2) is 18.7 Å². The molecule has 7 heteroatoms. The van der Waals surface area contributed by atoms with Gasteiger partial charge >= 0.3 is 19.6 Å². The van der Waals surface area contributed by atoms with Crippen molar-refractivity contribution in [2.45, 2.75) is 45.7 Å². The zero-order valence-electron chi connectivity index (χ0n) is 11.5. The van der Waals surface area contributed by atoms with E-state index in [-0.39, 0.29) is 18.4 Å². The lowest BCUT2D eigenvalue weighted by atomic mass is 9.84. The van der Waals surface area contributed by atoms with Crippen molar-refractivity contribution in [1.29, 1.82) is 0 Å². The second-order valence-electron chi connectivity index (χ2n) is 4.55. The Morgan fingerprint density at radius 3 is 1.63 bits per heavy atom.